The van der Waals surface area contributed by atoms with Crippen molar-refractivity contribution >= 4 is 17.3 Å². The fraction of sp³-hybridized carbons (Fsp3) is 0.385. The predicted molar refractivity (Wildman–Crippen MR) is 124 cm³/mol. The maximum Gasteiger partial charge on any atom is 0.123 e. The maximum atomic E-state index is 13.8. The Balaban J connectivity index is 1.16. The number of halogens is 2. The van der Waals surface area contributed by atoms with Gasteiger partial charge in [0, 0.05) is 24.9 Å². The number of nitrogens with one attached hydrogen (secondary N) is 1. The quantitative estimate of drug-likeness (QED) is 0.633. The Bertz CT molecular complexity index is 971. The van der Waals surface area contributed by atoms with E-state index in [9.17, 15) is 4.39 Å². The SMILES string of the molecule is Fc1ccc(Cl)c(C2=CC=CNN2CC2CC3(CCN(Cc4ccccc4)CC3)C2)c1. The summed E-state index contributed by atoms with van der Waals surface area (Å²) in [6.45, 7) is 4.36. The summed E-state index contributed by atoms with van der Waals surface area (Å²) in [4.78, 5) is 2.59. The van der Waals surface area contributed by atoms with Crippen molar-refractivity contribution in [1.82, 2.24) is 15.3 Å². The van der Waals surface area contributed by atoms with E-state index in [1.54, 1.807) is 6.07 Å². The van der Waals surface area contributed by atoms with Crippen LogP contribution in [-0.2, 0) is 6.54 Å². The molecule has 3 nitrogen and oxygen atoms in total. The number of hydrogen-bond acceptors (Lipinski definition) is 3. The number of allylic oxidation sites excluding steroid dienone is 2. The number of hydrazine groups is 1. The first-order valence-corrected chi connectivity index (χ1v) is 11.6. The summed E-state index contributed by atoms with van der Waals surface area (Å²) in [6, 6.07) is 15.3. The number of benzene rings is 2. The van der Waals surface area contributed by atoms with Crippen LogP contribution in [0.3, 0.4) is 0 Å². The number of piperidine rings is 1. The first-order chi connectivity index (χ1) is 15.1. The lowest BCUT2D eigenvalue weighted by molar-refractivity contribution is -0.0249. The van der Waals surface area contributed by atoms with Gasteiger partial charge >= 0.3 is 0 Å². The van der Waals surface area contributed by atoms with Crippen LogP contribution in [0.25, 0.3) is 5.70 Å². The molecule has 2 fully saturated rings. The number of likely N-dealkylation sites (tertiary alicyclic amines) is 1. The van der Waals surface area contributed by atoms with Crippen molar-refractivity contribution in [3.63, 3.8) is 0 Å². The average molecular weight is 438 g/mol. The molecule has 1 saturated heterocycles. The van der Waals surface area contributed by atoms with Crippen LogP contribution in [0.1, 0.15) is 36.8 Å². The molecule has 0 aromatic heterocycles. The van der Waals surface area contributed by atoms with Crippen LogP contribution in [0, 0.1) is 17.2 Å². The Labute approximate surface area is 189 Å². The Morgan fingerprint density at radius 2 is 1.84 bits per heavy atom. The molecular weight excluding hydrogens is 409 g/mol. The number of rotatable bonds is 5. The van der Waals surface area contributed by atoms with Gasteiger partial charge in [0.15, 0.2) is 0 Å². The molecular formula is C26H29ClFN3. The highest BCUT2D eigenvalue weighted by atomic mass is 35.5. The molecule has 162 valence electrons. The van der Waals surface area contributed by atoms with Crippen LogP contribution in [-0.4, -0.2) is 29.5 Å². The molecule has 1 saturated carbocycles. The number of hydrogen-bond donors (Lipinski definition) is 1. The lowest BCUT2D eigenvalue weighted by Crippen LogP contribution is -2.50. The molecule has 2 aliphatic heterocycles. The fourth-order valence-electron chi connectivity index (χ4n) is 5.50. The van der Waals surface area contributed by atoms with Crippen molar-refractivity contribution in [2.24, 2.45) is 11.3 Å². The highest BCUT2D eigenvalue weighted by Crippen LogP contribution is 2.53. The van der Waals surface area contributed by atoms with Gasteiger partial charge in [-0.2, -0.15) is 0 Å². The van der Waals surface area contributed by atoms with E-state index >= 15 is 0 Å². The fourth-order valence-corrected chi connectivity index (χ4v) is 5.71. The molecule has 3 aliphatic rings. The number of nitrogens with zero attached hydrogens (tertiary/aromatic N) is 2. The Hall–Kier alpha value is -2.30. The van der Waals surface area contributed by atoms with Gasteiger partial charge < -0.3 is 5.43 Å². The Kier molecular flexibility index (Phi) is 5.77. The third kappa shape index (κ3) is 4.51. The lowest BCUT2D eigenvalue weighted by Gasteiger charge is -2.53. The second-order valence-corrected chi connectivity index (χ2v) is 9.72. The second-order valence-electron chi connectivity index (χ2n) is 9.31. The van der Waals surface area contributed by atoms with E-state index in [-0.39, 0.29) is 5.82 Å². The van der Waals surface area contributed by atoms with Gasteiger partial charge in [0.1, 0.15) is 5.82 Å². The van der Waals surface area contributed by atoms with Crippen molar-refractivity contribution < 1.29 is 4.39 Å². The normalized spacial score (nSPS) is 21.0. The predicted octanol–water partition coefficient (Wildman–Crippen LogP) is 5.85. The largest absolute Gasteiger partial charge is 0.306 e. The monoisotopic (exact) mass is 437 g/mol. The highest BCUT2D eigenvalue weighted by molar-refractivity contribution is 6.32. The van der Waals surface area contributed by atoms with Gasteiger partial charge in [-0.3, -0.25) is 9.91 Å². The summed E-state index contributed by atoms with van der Waals surface area (Å²) in [5, 5.41) is 2.70. The molecule has 1 N–H and O–H groups in total. The molecule has 0 bridgehead atoms. The minimum atomic E-state index is -0.264. The summed E-state index contributed by atoms with van der Waals surface area (Å²) in [6.07, 6.45) is 11.0. The molecule has 5 rings (SSSR count). The van der Waals surface area contributed by atoms with Crippen LogP contribution < -0.4 is 5.43 Å². The van der Waals surface area contributed by atoms with Gasteiger partial charge in [-0.25, -0.2) is 4.39 Å². The molecule has 31 heavy (non-hydrogen) atoms. The van der Waals surface area contributed by atoms with E-state index in [0.717, 1.165) is 24.4 Å². The van der Waals surface area contributed by atoms with Gasteiger partial charge in [0.05, 0.1) is 10.7 Å². The minimum absolute atomic E-state index is 0.264. The molecule has 5 heteroatoms. The zero-order chi connectivity index (χ0) is 21.3. The highest BCUT2D eigenvalue weighted by Gasteiger charge is 2.46. The van der Waals surface area contributed by atoms with Gasteiger partial charge in [-0.15, -0.1) is 0 Å². The first-order valence-electron chi connectivity index (χ1n) is 11.2. The van der Waals surface area contributed by atoms with E-state index in [1.165, 1.54) is 56.5 Å². The van der Waals surface area contributed by atoms with Crippen molar-refractivity contribution in [2.45, 2.75) is 32.2 Å². The Morgan fingerprint density at radius 3 is 2.61 bits per heavy atom. The first kappa shape index (κ1) is 20.6. The second kappa shape index (κ2) is 8.68. The van der Waals surface area contributed by atoms with Gasteiger partial charge in [0.2, 0.25) is 0 Å². The summed E-state index contributed by atoms with van der Waals surface area (Å²) >= 11 is 6.38. The van der Waals surface area contributed by atoms with E-state index in [0.29, 0.717) is 16.4 Å². The van der Waals surface area contributed by atoms with Crippen molar-refractivity contribution in [3.05, 3.63) is 88.8 Å². The molecule has 0 amide bonds. The molecule has 0 atom stereocenters. The molecule has 2 aromatic carbocycles. The molecule has 0 radical (unpaired) electrons. The summed E-state index contributed by atoms with van der Waals surface area (Å²) < 4.78 is 13.8. The zero-order valence-electron chi connectivity index (χ0n) is 17.7. The van der Waals surface area contributed by atoms with E-state index in [2.05, 4.69) is 45.7 Å². The van der Waals surface area contributed by atoms with Crippen molar-refractivity contribution in [2.75, 3.05) is 19.6 Å². The van der Waals surface area contributed by atoms with Crippen LogP contribution in [0.2, 0.25) is 5.02 Å². The molecule has 2 aromatic rings. The van der Waals surface area contributed by atoms with E-state index < -0.39 is 0 Å². The van der Waals surface area contributed by atoms with Gasteiger partial charge in [-0.1, -0.05) is 41.9 Å². The summed E-state index contributed by atoms with van der Waals surface area (Å²) in [5.41, 5.74) is 6.93. The van der Waals surface area contributed by atoms with Crippen LogP contribution in [0.15, 0.2) is 66.9 Å². The molecule has 1 spiro atoms. The summed E-state index contributed by atoms with van der Waals surface area (Å²) in [7, 11) is 0. The molecule has 0 unspecified atom stereocenters. The summed E-state index contributed by atoms with van der Waals surface area (Å²) in [5.74, 6) is 0.384. The van der Waals surface area contributed by atoms with Gasteiger partial charge in [-0.05, 0) is 86.0 Å². The topological polar surface area (TPSA) is 18.5 Å². The van der Waals surface area contributed by atoms with E-state index in [1.807, 2.05) is 18.4 Å². The smallest absolute Gasteiger partial charge is 0.123 e. The van der Waals surface area contributed by atoms with Crippen LogP contribution in [0.5, 0.6) is 0 Å². The minimum Gasteiger partial charge on any atom is -0.306 e. The third-order valence-corrected chi connectivity index (χ3v) is 7.46. The third-order valence-electron chi connectivity index (χ3n) is 7.13. The standard InChI is InChI=1S/C26H29ClFN3/c27-24-9-8-22(28)15-23(24)25-7-4-12-29-31(25)19-21-16-26(17-21)10-13-30(14-11-26)18-20-5-2-1-3-6-20/h1-9,12,15,21,29H,10-11,13-14,16-19H2. The molecule has 1 aliphatic carbocycles. The van der Waals surface area contributed by atoms with Crippen LogP contribution in [0.4, 0.5) is 4.39 Å². The average Bonchev–Trinajstić information content (AvgIpc) is 2.77. The lowest BCUT2D eigenvalue weighted by atomic mass is 9.57. The molecule has 2 heterocycles. The van der Waals surface area contributed by atoms with E-state index in [4.69, 9.17) is 11.6 Å². The van der Waals surface area contributed by atoms with Crippen molar-refractivity contribution in [3.8, 4) is 0 Å². The Morgan fingerprint density at radius 1 is 1.06 bits per heavy atom. The zero-order valence-corrected chi connectivity index (χ0v) is 18.5. The van der Waals surface area contributed by atoms with Crippen molar-refractivity contribution in [1.29, 1.82) is 0 Å². The van der Waals surface area contributed by atoms with Crippen LogP contribution >= 0.6 is 11.6 Å². The maximum absolute atomic E-state index is 13.8. The van der Waals surface area contributed by atoms with Gasteiger partial charge in [0.25, 0.3) is 0 Å².